The molecule has 0 spiro atoms. The number of nitrogens with zero attached hydrogens (tertiary/aromatic N) is 1. The highest BCUT2D eigenvalue weighted by molar-refractivity contribution is 9.09. The van der Waals surface area contributed by atoms with E-state index in [2.05, 4.69) is 26.6 Å². The van der Waals surface area contributed by atoms with E-state index in [0.717, 1.165) is 15.8 Å². The number of β-lactam (4-membered cyclic amide) rings is 1. The van der Waals surface area contributed by atoms with Gasteiger partial charge in [0.1, 0.15) is 11.7 Å². The molecule has 0 saturated carbocycles. The Morgan fingerprint density at radius 1 is 1.42 bits per heavy atom. The predicted molar refractivity (Wildman–Crippen MR) is 124 cm³/mol. The van der Waals surface area contributed by atoms with Crippen LogP contribution in [-0.2, 0) is 25.5 Å². The minimum absolute atomic E-state index is 0.180. The van der Waals surface area contributed by atoms with Gasteiger partial charge in [0.2, 0.25) is 5.91 Å². The summed E-state index contributed by atoms with van der Waals surface area (Å²) in [6.07, 6.45) is 5.33. The van der Waals surface area contributed by atoms with E-state index in [9.17, 15) is 14.4 Å². The molecule has 1 aromatic rings. The smallest absolute Gasteiger partial charge is 0.355 e. The fourth-order valence-corrected chi connectivity index (χ4v) is 4.61. The number of amides is 2. The van der Waals surface area contributed by atoms with Gasteiger partial charge in [-0.3, -0.25) is 14.5 Å². The van der Waals surface area contributed by atoms with Gasteiger partial charge in [-0.05, 0) is 42.0 Å². The van der Waals surface area contributed by atoms with Gasteiger partial charge in [-0.15, -0.1) is 11.3 Å². The molecule has 0 aromatic carbocycles. The van der Waals surface area contributed by atoms with Gasteiger partial charge in [0.15, 0.2) is 0 Å². The number of ether oxygens (including phenoxy) is 1. The molecule has 3 rings (SSSR count). The van der Waals surface area contributed by atoms with E-state index >= 15 is 0 Å². The van der Waals surface area contributed by atoms with Gasteiger partial charge in [-0.1, -0.05) is 41.9 Å². The third-order valence-electron chi connectivity index (χ3n) is 5.15. The normalized spacial score (nSPS) is 20.6. The van der Waals surface area contributed by atoms with Crippen molar-refractivity contribution in [1.82, 2.24) is 15.5 Å². The molecule has 168 valence electrons. The molecule has 1 aromatic heterocycles. The number of hydrogen-bond acceptors (Lipinski definition) is 6. The summed E-state index contributed by atoms with van der Waals surface area (Å²) in [6, 6.07) is 2.98. The molecule has 9 heteroatoms. The summed E-state index contributed by atoms with van der Waals surface area (Å²) in [5.41, 5.74) is 1.17. The number of carbonyl (C=O) groups is 3. The molecule has 2 atom stereocenters. The number of esters is 1. The van der Waals surface area contributed by atoms with Gasteiger partial charge in [0, 0.05) is 16.8 Å². The van der Waals surface area contributed by atoms with Crippen LogP contribution in [0.2, 0.25) is 0 Å². The summed E-state index contributed by atoms with van der Waals surface area (Å²) in [5.74, 6) is -0.713. The van der Waals surface area contributed by atoms with E-state index in [1.807, 2.05) is 43.6 Å². The molecule has 7 nitrogen and oxygen atoms in total. The van der Waals surface area contributed by atoms with Gasteiger partial charge in [0.05, 0.1) is 19.1 Å². The number of nitrogens with one attached hydrogen (secondary N) is 2. The Balaban J connectivity index is 1.71. The Kier molecular flexibility index (Phi) is 8.31. The van der Waals surface area contributed by atoms with E-state index in [0.29, 0.717) is 31.7 Å². The second-order valence-electron chi connectivity index (χ2n) is 8.00. The van der Waals surface area contributed by atoms with Crippen molar-refractivity contribution in [2.45, 2.75) is 45.2 Å². The molecule has 2 N–H and O–H groups in total. The number of halogens is 1. The zero-order valence-corrected chi connectivity index (χ0v) is 20.1. The van der Waals surface area contributed by atoms with Crippen molar-refractivity contribution in [2.24, 2.45) is 5.92 Å². The summed E-state index contributed by atoms with van der Waals surface area (Å²) in [4.78, 5) is 40.7. The number of rotatable bonds is 10. The molecule has 1 saturated heterocycles. The lowest BCUT2D eigenvalue weighted by atomic mass is 9.83. The first-order valence-electron chi connectivity index (χ1n) is 10.4. The summed E-state index contributed by atoms with van der Waals surface area (Å²) in [7, 11) is 0. The molecular formula is C22H28BrN3O4S. The number of carbonyl (C=O) groups excluding carboxylic acids is 3. The quantitative estimate of drug-likeness (QED) is 0.287. The van der Waals surface area contributed by atoms with E-state index < -0.39 is 12.0 Å². The Morgan fingerprint density at radius 3 is 2.90 bits per heavy atom. The molecule has 3 heterocycles. The fourth-order valence-electron chi connectivity index (χ4n) is 3.72. The standard InChI is InChI=1S/C22H28BrN3O4S/c1-14(2)13-30-22(29)20-15(12-24-9-4-8-23)6-7-17-19(21(28)26(17)20)25-18(27)11-16-5-3-10-31-16/h3-5,9-10,14,17,19,24H,6-8,11-13H2,1-2H3,(H,25,27)/b9-4+/t17-,19+/m1/s1. The number of thiophene rings is 1. The lowest BCUT2D eigenvalue weighted by Gasteiger charge is -2.50. The lowest BCUT2D eigenvalue weighted by molar-refractivity contribution is -0.158. The molecule has 2 aliphatic heterocycles. The molecule has 0 unspecified atom stereocenters. The van der Waals surface area contributed by atoms with Crippen molar-refractivity contribution < 1.29 is 19.1 Å². The van der Waals surface area contributed by atoms with Crippen molar-refractivity contribution in [2.75, 3.05) is 18.5 Å². The Morgan fingerprint density at radius 2 is 2.23 bits per heavy atom. The van der Waals surface area contributed by atoms with Crippen LogP contribution < -0.4 is 10.6 Å². The van der Waals surface area contributed by atoms with Gasteiger partial charge < -0.3 is 15.4 Å². The zero-order valence-electron chi connectivity index (χ0n) is 17.7. The van der Waals surface area contributed by atoms with Crippen LogP contribution in [0.25, 0.3) is 0 Å². The highest BCUT2D eigenvalue weighted by Gasteiger charge is 2.53. The third-order valence-corrected chi connectivity index (χ3v) is 6.40. The first kappa shape index (κ1) is 23.5. The molecule has 2 aliphatic rings. The Bertz CT molecular complexity index is 866. The second-order valence-corrected chi connectivity index (χ2v) is 9.68. The monoisotopic (exact) mass is 509 g/mol. The van der Waals surface area contributed by atoms with Crippen molar-refractivity contribution in [3.8, 4) is 0 Å². The molecule has 1 fully saturated rings. The average molecular weight is 510 g/mol. The predicted octanol–water partition coefficient (Wildman–Crippen LogP) is 2.73. The van der Waals surface area contributed by atoms with E-state index in [4.69, 9.17) is 4.74 Å². The molecule has 0 bridgehead atoms. The number of hydrogen-bond donors (Lipinski definition) is 2. The number of alkyl halides is 1. The van der Waals surface area contributed by atoms with Crippen LogP contribution >= 0.6 is 27.3 Å². The highest BCUT2D eigenvalue weighted by Crippen LogP contribution is 2.37. The average Bonchev–Trinajstić information content (AvgIpc) is 3.25. The maximum absolute atomic E-state index is 12.9. The van der Waals surface area contributed by atoms with Crippen molar-refractivity contribution >= 4 is 45.1 Å². The SMILES string of the molecule is CC(C)COC(=O)C1=C(CN/C=C/CBr)CC[C@@H]2[C@H](NC(=O)Cc3cccs3)C(=O)N12. The Labute approximate surface area is 195 Å². The molecule has 0 aliphatic carbocycles. The first-order valence-corrected chi connectivity index (χ1v) is 12.4. The summed E-state index contributed by atoms with van der Waals surface area (Å²) in [6.45, 7) is 4.68. The van der Waals surface area contributed by atoms with Gasteiger partial charge in [-0.2, -0.15) is 0 Å². The van der Waals surface area contributed by atoms with Gasteiger partial charge in [0.25, 0.3) is 5.91 Å². The van der Waals surface area contributed by atoms with Crippen LogP contribution in [-0.4, -0.2) is 53.2 Å². The lowest BCUT2D eigenvalue weighted by Crippen LogP contribution is -2.72. The highest BCUT2D eigenvalue weighted by atomic mass is 79.9. The van der Waals surface area contributed by atoms with Crippen molar-refractivity contribution in [3.63, 3.8) is 0 Å². The van der Waals surface area contributed by atoms with Gasteiger partial charge >= 0.3 is 5.97 Å². The first-order chi connectivity index (χ1) is 14.9. The number of fused-ring (bicyclic) bond motifs is 1. The fraction of sp³-hybridized carbons (Fsp3) is 0.500. The molecule has 0 radical (unpaired) electrons. The van der Waals surface area contributed by atoms with Crippen LogP contribution in [0.1, 0.15) is 31.6 Å². The third kappa shape index (κ3) is 5.77. The Hall–Kier alpha value is -2.13. The maximum Gasteiger partial charge on any atom is 0.355 e. The van der Waals surface area contributed by atoms with Crippen LogP contribution in [0.3, 0.4) is 0 Å². The molecule has 31 heavy (non-hydrogen) atoms. The van der Waals surface area contributed by atoms with Gasteiger partial charge in [-0.25, -0.2) is 4.79 Å². The summed E-state index contributed by atoms with van der Waals surface area (Å²) < 4.78 is 5.46. The van der Waals surface area contributed by atoms with Crippen LogP contribution in [0, 0.1) is 5.92 Å². The van der Waals surface area contributed by atoms with Crippen LogP contribution in [0.4, 0.5) is 0 Å². The van der Waals surface area contributed by atoms with E-state index in [-0.39, 0.29) is 30.2 Å². The zero-order chi connectivity index (χ0) is 22.4. The minimum atomic E-state index is -0.594. The topological polar surface area (TPSA) is 87.7 Å². The van der Waals surface area contributed by atoms with Crippen LogP contribution in [0.5, 0.6) is 0 Å². The summed E-state index contributed by atoms with van der Waals surface area (Å²) >= 11 is 4.83. The summed E-state index contributed by atoms with van der Waals surface area (Å²) in [5, 5.41) is 8.67. The van der Waals surface area contributed by atoms with Crippen LogP contribution in [0.15, 0.2) is 41.1 Å². The largest absolute Gasteiger partial charge is 0.461 e. The van der Waals surface area contributed by atoms with Crippen molar-refractivity contribution in [1.29, 1.82) is 0 Å². The number of allylic oxidation sites excluding steroid dienone is 1. The van der Waals surface area contributed by atoms with Crippen molar-refractivity contribution in [3.05, 3.63) is 45.9 Å². The van der Waals surface area contributed by atoms with E-state index in [1.54, 1.807) is 0 Å². The maximum atomic E-state index is 12.9. The molecule has 2 amide bonds. The minimum Gasteiger partial charge on any atom is -0.461 e. The molecular weight excluding hydrogens is 482 g/mol. The second kappa shape index (κ2) is 10.9. The van der Waals surface area contributed by atoms with E-state index in [1.165, 1.54) is 16.2 Å².